The highest BCUT2D eigenvalue weighted by Gasteiger charge is 2.04. The summed E-state index contributed by atoms with van der Waals surface area (Å²) < 4.78 is 10.2. The lowest BCUT2D eigenvalue weighted by molar-refractivity contribution is 0.0689. The molecule has 4 nitrogen and oxygen atoms in total. The van der Waals surface area contributed by atoms with Crippen molar-refractivity contribution in [3.05, 3.63) is 0 Å². The van der Waals surface area contributed by atoms with Gasteiger partial charge in [0.2, 0.25) is 0 Å². The molecule has 1 rings (SSSR count). The molecule has 0 atom stereocenters. The van der Waals surface area contributed by atoms with E-state index in [1.165, 1.54) is 0 Å². The maximum absolute atomic E-state index is 5.36. The van der Waals surface area contributed by atoms with E-state index in [1.54, 1.807) is 7.11 Å². The second-order valence-electron chi connectivity index (χ2n) is 3.27. The molecule has 0 spiro atoms. The number of ether oxygens (including phenoxy) is 2. The lowest BCUT2D eigenvalue weighted by Gasteiger charge is -2.05. The fourth-order valence-electron chi connectivity index (χ4n) is 1.21. The summed E-state index contributed by atoms with van der Waals surface area (Å²) in [6.07, 6.45) is 2.22. The van der Waals surface area contributed by atoms with Gasteiger partial charge in [-0.25, -0.2) is 0 Å². The molecule has 5 heteroatoms. The van der Waals surface area contributed by atoms with E-state index in [0.29, 0.717) is 13.2 Å². The van der Waals surface area contributed by atoms with E-state index in [-0.39, 0.29) is 0 Å². The van der Waals surface area contributed by atoms with Crippen LogP contribution in [-0.2, 0) is 9.47 Å². The van der Waals surface area contributed by atoms with E-state index >= 15 is 0 Å². The van der Waals surface area contributed by atoms with Crippen LogP contribution in [0.4, 0.5) is 0 Å². The molecule has 0 aromatic carbocycles. The Morgan fingerprint density at radius 1 is 1.33 bits per heavy atom. The first-order chi connectivity index (χ1) is 7.43. The molecule has 0 amide bonds. The van der Waals surface area contributed by atoms with E-state index in [4.69, 9.17) is 9.47 Å². The van der Waals surface area contributed by atoms with Crippen LogP contribution in [0.15, 0.2) is 4.99 Å². The molecule has 15 heavy (non-hydrogen) atoms. The van der Waals surface area contributed by atoms with E-state index < -0.39 is 0 Å². The first-order valence-corrected chi connectivity index (χ1v) is 6.40. The zero-order chi connectivity index (χ0) is 10.8. The van der Waals surface area contributed by atoms with Gasteiger partial charge in [0.05, 0.1) is 19.8 Å². The van der Waals surface area contributed by atoms with Crippen LogP contribution >= 0.6 is 11.8 Å². The number of hydrogen-bond donors (Lipinski definition) is 1. The average molecular weight is 232 g/mol. The molecule has 0 aromatic rings. The van der Waals surface area contributed by atoms with Gasteiger partial charge in [0.25, 0.3) is 0 Å². The Bertz CT molecular complexity index is 188. The number of methoxy groups -OCH3 is 1. The van der Waals surface area contributed by atoms with Crippen molar-refractivity contribution in [2.45, 2.75) is 12.8 Å². The highest BCUT2D eigenvalue weighted by molar-refractivity contribution is 8.14. The fourth-order valence-corrected chi connectivity index (χ4v) is 1.97. The summed E-state index contributed by atoms with van der Waals surface area (Å²) in [5.74, 6) is 1.13. The molecule has 0 saturated carbocycles. The summed E-state index contributed by atoms with van der Waals surface area (Å²) >= 11 is 1.81. The third-order valence-electron chi connectivity index (χ3n) is 2.01. The Morgan fingerprint density at radius 3 is 3.00 bits per heavy atom. The zero-order valence-corrected chi connectivity index (χ0v) is 10.1. The van der Waals surface area contributed by atoms with Crippen LogP contribution in [0.25, 0.3) is 0 Å². The molecule has 88 valence electrons. The lowest BCUT2D eigenvalue weighted by Crippen LogP contribution is -2.20. The number of hydrogen-bond acceptors (Lipinski definition) is 5. The van der Waals surface area contributed by atoms with Crippen LogP contribution in [0, 0.1) is 0 Å². The molecule has 0 radical (unpaired) electrons. The maximum Gasteiger partial charge on any atom is 0.156 e. The molecule has 0 unspecified atom stereocenters. The molecule has 1 aliphatic rings. The van der Waals surface area contributed by atoms with Crippen molar-refractivity contribution < 1.29 is 9.47 Å². The fraction of sp³-hybridized carbons (Fsp3) is 0.900. The topological polar surface area (TPSA) is 42.9 Å². The molecule has 0 saturated heterocycles. The summed E-state index contributed by atoms with van der Waals surface area (Å²) in [5, 5.41) is 4.42. The Balaban J connectivity index is 1.77. The Hall–Kier alpha value is -0.260. The minimum atomic E-state index is 0.686. The third-order valence-corrected chi connectivity index (χ3v) is 2.94. The summed E-state index contributed by atoms with van der Waals surface area (Å²) in [5.41, 5.74) is 0. The highest BCUT2D eigenvalue weighted by Crippen LogP contribution is 2.08. The number of thioether (sulfide) groups is 1. The van der Waals surface area contributed by atoms with E-state index in [1.807, 2.05) is 11.8 Å². The van der Waals surface area contributed by atoms with Gasteiger partial charge in [-0.15, -0.1) is 0 Å². The van der Waals surface area contributed by atoms with Gasteiger partial charge in [0.1, 0.15) is 0 Å². The highest BCUT2D eigenvalue weighted by atomic mass is 32.2. The lowest BCUT2D eigenvalue weighted by atomic mass is 10.3. The Labute approximate surface area is 95.8 Å². The molecule has 0 aliphatic carbocycles. The van der Waals surface area contributed by atoms with E-state index in [2.05, 4.69) is 10.3 Å². The predicted octanol–water partition coefficient (Wildman–Crippen LogP) is 1.12. The molecule has 0 bridgehead atoms. The van der Waals surface area contributed by atoms with Crippen LogP contribution in [0.3, 0.4) is 0 Å². The first kappa shape index (κ1) is 12.8. The van der Waals surface area contributed by atoms with Crippen LogP contribution in [0.2, 0.25) is 0 Å². The first-order valence-electron chi connectivity index (χ1n) is 5.41. The average Bonchev–Trinajstić information content (AvgIpc) is 2.75. The maximum atomic E-state index is 5.36. The SMILES string of the molecule is COCCOCCCCNC1=NCCS1. The van der Waals surface area contributed by atoms with Gasteiger partial charge in [0, 0.05) is 26.0 Å². The largest absolute Gasteiger partial charge is 0.382 e. The van der Waals surface area contributed by atoms with Gasteiger partial charge in [-0.2, -0.15) is 0 Å². The minimum Gasteiger partial charge on any atom is -0.382 e. The monoisotopic (exact) mass is 232 g/mol. The quantitative estimate of drug-likeness (QED) is 0.637. The molecule has 1 N–H and O–H groups in total. The van der Waals surface area contributed by atoms with Crippen molar-refractivity contribution in [2.24, 2.45) is 4.99 Å². The van der Waals surface area contributed by atoms with Crippen LogP contribution in [0.1, 0.15) is 12.8 Å². The molecular formula is C10H20N2O2S. The van der Waals surface area contributed by atoms with Crippen molar-refractivity contribution in [3.63, 3.8) is 0 Å². The van der Waals surface area contributed by atoms with Gasteiger partial charge in [-0.1, -0.05) is 11.8 Å². The number of amidine groups is 1. The molecule has 1 heterocycles. The van der Waals surface area contributed by atoms with Crippen molar-refractivity contribution >= 4 is 16.9 Å². The van der Waals surface area contributed by atoms with Crippen LogP contribution < -0.4 is 5.32 Å². The van der Waals surface area contributed by atoms with E-state index in [9.17, 15) is 0 Å². The summed E-state index contributed by atoms with van der Waals surface area (Å²) in [6.45, 7) is 4.18. The summed E-state index contributed by atoms with van der Waals surface area (Å²) in [4.78, 5) is 4.31. The molecule has 0 fully saturated rings. The normalized spacial score (nSPS) is 15.4. The van der Waals surface area contributed by atoms with Gasteiger partial charge in [-0.3, -0.25) is 4.99 Å². The van der Waals surface area contributed by atoms with Crippen molar-refractivity contribution in [1.82, 2.24) is 5.32 Å². The van der Waals surface area contributed by atoms with E-state index in [0.717, 1.165) is 43.5 Å². The van der Waals surface area contributed by atoms with Crippen molar-refractivity contribution in [3.8, 4) is 0 Å². The standard InChI is InChI=1S/C10H20N2O2S/c1-13-7-8-14-6-3-2-4-11-10-12-5-9-15-10/h2-9H2,1H3,(H,11,12). The number of aliphatic imine (C=N–C) groups is 1. The Morgan fingerprint density at radius 2 is 2.27 bits per heavy atom. The summed E-state index contributed by atoms with van der Waals surface area (Å²) in [7, 11) is 1.69. The number of nitrogens with one attached hydrogen (secondary N) is 1. The zero-order valence-electron chi connectivity index (χ0n) is 9.33. The van der Waals surface area contributed by atoms with Crippen LogP contribution in [0.5, 0.6) is 0 Å². The molecular weight excluding hydrogens is 212 g/mol. The van der Waals surface area contributed by atoms with Crippen LogP contribution in [-0.4, -0.2) is 50.9 Å². The smallest absolute Gasteiger partial charge is 0.156 e. The number of nitrogens with zero attached hydrogens (tertiary/aromatic N) is 1. The molecule has 1 aliphatic heterocycles. The van der Waals surface area contributed by atoms with Gasteiger partial charge in [-0.05, 0) is 12.8 Å². The second-order valence-corrected chi connectivity index (χ2v) is 4.36. The van der Waals surface area contributed by atoms with Gasteiger partial charge >= 0.3 is 0 Å². The predicted molar refractivity (Wildman–Crippen MR) is 64.7 cm³/mol. The minimum absolute atomic E-state index is 0.686. The number of rotatable bonds is 8. The second kappa shape index (κ2) is 9.00. The third kappa shape index (κ3) is 6.76. The molecule has 0 aromatic heterocycles. The summed E-state index contributed by atoms with van der Waals surface area (Å²) in [6, 6.07) is 0. The number of unbranched alkanes of at least 4 members (excludes halogenated alkanes) is 1. The Kier molecular flexibility index (Phi) is 7.69. The van der Waals surface area contributed by atoms with Crippen molar-refractivity contribution in [2.75, 3.05) is 45.8 Å². The van der Waals surface area contributed by atoms with Crippen molar-refractivity contribution in [1.29, 1.82) is 0 Å². The van der Waals surface area contributed by atoms with Gasteiger partial charge in [0.15, 0.2) is 5.17 Å². The van der Waals surface area contributed by atoms with Gasteiger partial charge < -0.3 is 14.8 Å².